The van der Waals surface area contributed by atoms with Crippen LogP contribution in [0.5, 0.6) is 0 Å². The second-order valence-electron chi connectivity index (χ2n) is 15.1. The molecule has 0 aliphatic heterocycles. The number of hydrogen-bond donors (Lipinski definition) is 2. The number of carbonyl (C=O) groups excluding carboxylic acids is 2. The highest BCUT2D eigenvalue weighted by atomic mass is 35.6. The molecular formula is C42H52Cl3N2O4PSi. The average Bonchev–Trinajstić information content (AvgIpc) is 3.11. The van der Waals surface area contributed by atoms with Gasteiger partial charge in [-0.05, 0) is 66.8 Å². The van der Waals surface area contributed by atoms with Crippen molar-refractivity contribution in [3.05, 3.63) is 121 Å². The van der Waals surface area contributed by atoms with E-state index in [0.717, 1.165) is 10.4 Å². The molecule has 0 saturated carbocycles. The van der Waals surface area contributed by atoms with E-state index in [4.69, 9.17) is 44.0 Å². The van der Waals surface area contributed by atoms with Gasteiger partial charge in [0, 0.05) is 0 Å². The van der Waals surface area contributed by atoms with Gasteiger partial charge in [-0.1, -0.05) is 191 Å². The predicted molar refractivity (Wildman–Crippen MR) is 227 cm³/mol. The van der Waals surface area contributed by atoms with Crippen molar-refractivity contribution in [1.82, 2.24) is 10.6 Å². The van der Waals surface area contributed by atoms with E-state index < -0.39 is 49.9 Å². The first-order valence-electron chi connectivity index (χ1n) is 17.9. The van der Waals surface area contributed by atoms with Crippen molar-refractivity contribution in [1.29, 1.82) is 0 Å². The summed E-state index contributed by atoms with van der Waals surface area (Å²) in [4.78, 5) is 27.7. The van der Waals surface area contributed by atoms with Crippen LogP contribution in [0.2, 0.25) is 5.04 Å². The Balaban J connectivity index is 1.80. The maximum atomic E-state index is 14.5. The minimum Gasteiger partial charge on any atom is -0.439 e. The SMILES string of the molecule is CC(C)[C@H](NC(=O)OC(C)(C)C(Cl)(Cl)Cl)C(=O)N[C@H](CP(c1ccccc1)c1ccccc1)[C@@H](C)O[Si](c1ccccc1)(c1ccccc1)C(C)(C)C. The van der Waals surface area contributed by atoms with E-state index in [1.165, 1.54) is 24.5 Å². The number of nitrogens with one attached hydrogen (secondary N) is 2. The Labute approximate surface area is 333 Å². The number of halogens is 3. The number of amides is 2. The minimum atomic E-state index is -3.03. The van der Waals surface area contributed by atoms with Gasteiger partial charge in [0.1, 0.15) is 6.04 Å². The van der Waals surface area contributed by atoms with Crippen LogP contribution in [-0.4, -0.2) is 54.1 Å². The van der Waals surface area contributed by atoms with E-state index in [0.29, 0.717) is 6.16 Å². The highest BCUT2D eigenvalue weighted by Crippen LogP contribution is 2.41. The molecule has 0 aliphatic rings. The third kappa shape index (κ3) is 10.7. The van der Waals surface area contributed by atoms with Crippen molar-refractivity contribution in [3.8, 4) is 0 Å². The first kappa shape index (κ1) is 42.8. The predicted octanol–water partition coefficient (Wildman–Crippen LogP) is 8.47. The molecule has 0 fully saturated rings. The molecule has 0 unspecified atom stereocenters. The number of ether oxygens (including phenoxy) is 1. The largest absolute Gasteiger partial charge is 0.439 e. The van der Waals surface area contributed by atoms with E-state index in [-0.39, 0.29) is 16.9 Å². The van der Waals surface area contributed by atoms with Crippen LogP contribution < -0.4 is 31.6 Å². The molecule has 0 radical (unpaired) electrons. The van der Waals surface area contributed by atoms with Gasteiger partial charge in [-0.25, -0.2) is 4.79 Å². The fraction of sp³-hybridized carbons (Fsp3) is 0.381. The zero-order valence-corrected chi connectivity index (χ0v) is 35.9. The standard InChI is InChI=1S/C42H52Cl3N2O4PSi/c1-30(2)37(47-39(49)50-41(7,8)42(43,44)45)38(48)46-36(29-52(32-21-13-9-14-22-32)33-23-15-10-16-24-33)31(3)51-53(40(4,5)6,34-25-17-11-18-26-34)35-27-19-12-20-28-35/h9-28,30-31,36-37H,29H2,1-8H3,(H,46,48)(H,47,49)/t31-,36-,37+/m1/s1. The van der Waals surface area contributed by atoms with Gasteiger partial charge in [-0.2, -0.15) is 0 Å². The van der Waals surface area contributed by atoms with Gasteiger partial charge in [0.25, 0.3) is 8.32 Å². The maximum absolute atomic E-state index is 14.5. The van der Waals surface area contributed by atoms with Crippen molar-refractivity contribution in [2.75, 3.05) is 6.16 Å². The Bertz CT molecular complexity index is 1680. The molecule has 6 nitrogen and oxygen atoms in total. The zero-order chi connectivity index (χ0) is 39.0. The summed E-state index contributed by atoms with van der Waals surface area (Å²) in [6.45, 7) is 15.5. The summed E-state index contributed by atoms with van der Waals surface area (Å²) in [6.07, 6.45) is -0.728. The van der Waals surface area contributed by atoms with Gasteiger partial charge in [0.2, 0.25) is 9.70 Å². The van der Waals surface area contributed by atoms with Gasteiger partial charge in [-0.3, -0.25) is 4.79 Å². The van der Waals surface area contributed by atoms with Gasteiger partial charge in [-0.15, -0.1) is 0 Å². The summed E-state index contributed by atoms with van der Waals surface area (Å²) in [6, 6.07) is 40.3. The lowest BCUT2D eigenvalue weighted by molar-refractivity contribution is -0.125. The van der Waals surface area contributed by atoms with E-state index in [2.05, 4.69) is 111 Å². The number of hydrogen-bond acceptors (Lipinski definition) is 4. The third-order valence-electron chi connectivity index (χ3n) is 9.44. The maximum Gasteiger partial charge on any atom is 0.408 e. The number of alkyl halides is 3. The molecule has 53 heavy (non-hydrogen) atoms. The molecule has 3 atom stereocenters. The molecule has 2 amide bonds. The summed E-state index contributed by atoms with van der Waals surface area (Å²) in [7, 11) is -3.98. The quantitative estimate of drug-likeness (QED) is 0.0762. The number of rotatable bonds is 14. The highest BCUT2D eigenvalue weighted by molar-refractivity contribution is 7.73. The van der Waals surface area contributed by atoms with Crippen molar-refractivity contribution in [2.24, 2.45) is 5.92 Å². The summed E-state index contributed by atoms with van der Waals surface area (Å²) >= 11 is 18.3. The lowest BCUT2D eigenvalue weighted by Gasteiger charge is -2.46. The monoisotopic (exact) mass is 812 g/mol. The van der Waals surface area contributed by atoms with Gasteiger partial charge in [0.05, 0.1) is 12.1 Å². The number of carbonyl (C=O) groups is 2. The molecule has 11 heteroatoms. The first-order valence-corrected chi connectivity index (χ1v) is 22.5. The Kier molecular flexibility index (Phi) is 14.7. The Morgan fingerprint density at radius 3 is 1.47 bits per heavy atom. The van der Waals surface area contributed by atoms with Crippen molar-refractivity contribution < 1.29 is 18.8 Å². The van der Waals surface area contributed by atoms with Crippen LogP contribution in [0, 0.1) is 5.92 Å². The summed E-state index contributed by atoms with van der Waals surface area (Å²) in [5.74, 6) is -0.653. The van der Waals surface area contributed by atoms with Crippen LogP contribution in [0.4, 0.5) is 4.79 Å². The first-order chi connectivity index (χ1) is 24.9. The van der Waals surface area contributed by atoms with Crippen molar-refractivity contribution in [3.63, 3.8) is 0 Å². The minimum absolute atomic E-state index is 0.289. The van der Waals surface area contributed by atoms with Crippen LogP contribution >= 0.6 is 42.7 Å². The van der Waals surface area contributed by atoms with Gasteiger partial charge < -0.3 is 19.8 Å². The van der Waals surface area contributed by atoms with E-state index in [1.54, 1.807) is 0 Å². The molecule has 0 spiro atoms. The van der Waals surface area contributed by atoms with E-state index in [1.807, 2.05) is 62.4 Å². The molecule has 0 aromatic heterocycles. The fourth-order valence-electron chi connectivity index (χ4n) is 6.39. The fourth-order valence-corrected chi connectivity index (χ4v) is 13.8. The molecule has 4 aromatic carbocycles. The van der Waals surface area contributed by atoms with Gasteiger partial charge >= 0.3 is 6.09 Å². The Hall–Kier alpha value is -2.90. The number of alkyl carbamates (subject to hydrolysis) is 1. The number of benzene rings is 4. The molecule has 4 rings (SSSR count). The summed E-state index contributed by atoms with van der Waals surface area (Å²) in [5.41, 5.74) is -1.46. The highest BCUT2D eigenvalue weighted by Gasteiger charge is 2.52. The van der Waals surface area contributed by atoms with E-state index >= 15 is 0 Å². The third-order valence-corrected chi connectivity index (χ3v) is 18.5. The van der Waals surface area contributed by atoms with Crippen molar-refractivity contribution in [2.45, 2.75) is 88.0 Å². The molecule has 0 saturated heterocycles. The second-order valence-corrected chi connectivity index (χ2v) is 23.9. The summed E-state index contributed by atoms with van der Waals surface area (Å²) in [5, 5.41) is 10.5. The Morgan fingerprint density at radius 1 is 0.679 bits per heavy atom. The molecule has 4 aromatic rings. The Morgan fingerprint density at radius 2 is 1.09 bits per heavy atom. The van der Waals surface area contributed by atoms with Crippen LogP contribution in [0.25, 0.3) is 0 Å². The summed E-state index contributed by atoms with van der Waals surface area (Å²) < 4.78 is 11.3. The molecule has 0 aliphatic carbocycles. The topological polar surface area (TPSA) is 76.7 Å². The molecule has 284 valence electrons. The lowest BCUT2D eigenvalue weighted by atomic mass is 10.0. The average molecular weight is 814 g/mol. The van der Waals surface area contributed by atoms with Gasteiger partial charge in [0.15, 0.2) is 5.60 Å². The molecular weight excluding hydrogens is 762 g/mol. The second kappa shape index (κ2) is 18.2. The molecule has 2 N–H and O–H groups in total. The lowest BCUT2D eigenvalue weighted by Crippen LogP contribution is -2.69. The van der Waals surface area contributed by atoms with Crippen LogP contribution in [0.15, 0.2) is 121 Å². The smallest absolute Gasteiger partial charge is 0.408 e. The van der Waals surface area contributed by atoms with Crippen molar-refractivity contribution >= 4 is 84.0 Å². The normalized spacial score (nSPS) is 14.4. The van der Waals surface area contributed by atoms with Crippen LogP contribution in [0.1, 0.15) is 55.4 Å². The molecule has 0 bridgehead atoms. The van der Waals surface area contributed by atoms with Crippen LogP contribution in [0.3, 0.4) is 0 Å². The van der Waals surface area contributed by atoms with Crippen LogP contribution in [-0.2, 0) is 14.0 Å². The van der Waals surface area contributed by atoms with E-state index in [9.17, 15) is 9.59 Å². The molecule has 0 heterocycles. The zero-order valence-electron chi connectivity index (χ0n) is 31.8.